The molecule has 0 aromatic rings. The second-order valence-corrected chi connectivity index (χ2v) is 6.54. The van der Waals surface area contributed by atoms with Crippen LogP contribution in [0.5, 0.6) is 0 Å². The van der Waals surface area contributed by atoms with Gasteiger partial charge in [-0.15, -0.1) is 0 Å². The van der Waals surface area contributed by atoms with Crippen LogP contribution in [0.3, 0.4) is 0 Å². The third-order valence-electron chi connectivity index (χ3n) is 5.09. The molecule has 2 rings (SSSR count). The Hall–Kier alpha value is -0.580. The molecule has 1 saturated heterocycles. The molecule has 4 N–H and O–H groups in total. The Morgan fingerprint density at radius 1 is 1.29 bits per heavy atom. The van der Waals surface area contributed by atoms with Crippen LogP contribution >= 0.6 is 0 Å². The summed E-state index contributed by atoms with van der Waals surface area (Å²) in [6.45, 7) is 4.12. The fourth-order valence-electron chi connectivity index (χ4n) is 3.69. The first-order chi connectivity index (χ1) is 10.2. The second kappa shape index (κ2) is 8.76. The lowest BCUT2D eigenvalue weighted by Crippen LogP contribution is -2.52. The highest BCUT2D eigenvalue weighted by molar-refractivity contribution is 5.06. The molecule has 0 aromatic carbocycles. The number of rotatable bonds is 6. The average Bonchev–Trinajstić information content (AvgIpc) is 2.52. The highest BCUT2D eigenvalue weighted by Crippen LogP contribution is 2.32. The van der Waals surface area contributed by atoms with Crippen LogP contribution in [0.4, 0.5) is 0 Å². The number of ether oxygens (including phenoxy) is 1. The van der Waals surface area contributed by atoms with Crippen molar-refractivity contribution in [3.63, 3.8) is 0 Å². The molecular formula is C17H33N3O. The summed E-state index contributed by atoms with van der Waals surface area (Å²) >= 11 is 0. The van der Waals surface area contributed by atoms with Gasteiger partial charge in [0.1, 0.15) is 0 Å². The van der Waals surface area contributed by atoms with Crippen LogP contribution in [0, 0.1) is 5.92 Å². The van der Waals surface area contributed by atoms with E-state index in [4.69, 9.17) is 10.5 Å². The van der Waals surface area contributed by atoms with E-state index in [2.05, 4.69) is 23.8 Å². The van der Waals surface area contributed by atoms with Gasteiger partial charge in [0.25, 0.3) is 0 Å². The molecule has 1 aliphatic heterocycles. The van der Waals surface area contributed by atoms with Gasteiger partial charge < -0.3 is 21.1 Å². The van der Waals surface area contributed by atoms with Gasteiger partial charge in [-0.2, -0.15) is 0 Å². The minimum Gasteiger partial charge on any atom is -0.394 e. The SMILES string of the molecule is CC/C(=C\NC)C1CCC(OCC2NCCCC2N)CC1. The third kappa shape index (κ3) is 4.97. The van der Waals surface area contributed by atoms with E-state index in [0.29, 0.717) is 12.1 Å². The molecule has 2 fully saturated rings. The van der Waals surface area contributed by atoms with Crippen LogP contribution in [0.1, 0.15) is 51.9 Å². The first-order valence-corrected chi connectivity index (χ1v) is 8.71. The largest absolute Gasteiger partial charge is 0.394 e. The maximum absolute atomic E-state index is 6.15. The predicted octanol–water partition coefficient (Wildman–Crippen LogP) is 2.15. The molecule has 1 heterocycles. The Kier molecular flexibility index (Phi) is 7.00. The number of allylic oxidation sites excluding steroid dienone is 1. The molecule has 2 aliphatic rings. The summed E-state index contributed by atoms with van der Waals surface area (Å²) in [5.41, 5.74) is 7.71. The zero-order chi connectivity index (χ0) is 15.1. The quantitative estimate of drug-likeness (QED) is 0.703. The zero-order valence-electron chi connectivity index (χ0n) is 13.7. The first-order valence-electron chi connectivity index (χ1n) is 8.71. The number of hydrogen-bond acceptors (Lipinski definition) is 4. The monoisotopic (exact) mass is 295 g/mol. The molecule has 0 aromatic heterocycles. The van der Waals surface area contributed by atoms with Gasteiger partial charge in [0.05, 0.1) is 12.7 Å². The van der Waals surface area contributed by atoms with Crippen molar-refractivity contribution in [3.8, 4) is 0 Å². The Morgan fingerprint density at radius 3 is 2.67 bits per heavy atom. The van der Waals surface area contributed by atoms with E-state index in [1.54, 1.807) is 5.57 Å². The molecule has 2 atom stereocenters. The lowest BCUT2D eigenvalue weighted by molar-refractivity contribution is 0.00326. The Bertz CT molecular complexity index is 324. The zero-order valence-corrected chi connectivity index (χ0v) is 13.7. The van der Waals surface area contributed by atoms with Gasteiger partial charge in [0.2, 0.25) is 0 Å². The standard InChI is InChI=1S/C17H33N3O/c1-3-13(11-19-2)14-6-8-15(9-7-14)21-12-17-16(18)5-4-10-20-17/h11,14-17,19-20H,3-10,12,18H2,1-2H3/b13-11+. The number of nitrogens with one attached hydrogen (secondary N) is 2. The third-order valence-corrected chi connectivity index (χ3v) is 5.09. The molecular weight excluding hydrogens is 262 g/mol. The van der Waals surface area contributed by atoms with Gasteiger partial charge in [-0.05, 0) is 63.6 Å². The van der Waals surface area contributed by atoms with Crippen molar-refractivity contribution in [2.45, 2.75) is 70.1 Å². The van der Waals surface area contributed by atoms with Crippen LogP contribution in [0.15, 0.2) is 11.8 Å². The summed E-state index contributed by atoms with van der Waals surface area (Å²) in [7, 11) is 1.99. The lowest BCUT2D eigenvalue weighted by Gasteiger charge is -2.34. The highest BCUT2D eigenvalue weighted by atomic mass is 16.5. The van der Waals surface area contributed by atoms with Crippen LogP contribution < -0.4 is 16.4 Å². The van der Waals surface area contributed by atoms with Gasteiger partial charge in [-0.25, -0.2) is 0 Å². The average molecular weight is 295 g/mol. The molecule has 21 heavy (non-hydrogen) atoms. The smallest absolute Gasteiger partial charge is 0.0638 e. The summed E-state index contributed by atoms with van der Waals surface area (Å²) in [5, 5.41) is 6.68. The molecule has 0 bridgehead atoms. The lowest BCUT2D eigenvalue weighted by atomic mass is 9.82. The second-order valence-electron chi connectivity index (χ2n) is 6.54. The molecule has 4 nitrogen and oxygen atoms in total. The fourth-order valence-corrected chi connectivity index (χ4v) is 3.69. The van der Waals surface area contributed by atoms with Crippen LogP contribution in [0.2, 0.25) is 0 Å². The summed E-state index contributed by atoms with van der Waals surface area (Å²) in [6.07, 6.45) is 11.0. The van der Waals surface area contributed by atoms with Crippen molar-refractivity contribution >= 4 is 0 Å². The molecule has 0 spiro atoms. The van der Waals surface area contributed by atoms with Gasteiger partial charge in [-0.1, -0.05) is 12.5 Å². The van der Waals surface area contributed by atoms with E-state index in [-0.39, 0.29) is 6.04 Å². The fraction of sp³-hybridized carbons (Fsp3) is 0.882. The van der Waals surface area contributed by atoms with Crippen LogP contribution in [-0.4, -0.2) is 38.4 Å². The molecule has 1 saturated carbocycles. The van der Waals surface area contributed by atoms with Crippen molar-refractivity contribution in [3.05, 3.63) is 11.8 Å². The van der Waals surface area contributed by atoms with E-state index in [1.165, 1.54) is 32.1 Å². The van der Waals surface area contributed by atoms with Crippen molar-refractivity contribution in [2.24, 2.45) is 11.7 Å². The summed E-state index contributed by atoms with van der Waals surface area (Å²) in [6, 6.07) is 0.618. The van der Waals surface area contributed by atoms with Crippen molar-refractivity contribution < 1.29 is 4.74 Å². The Balaban J connectivity index is 1.70. The molecule has 2 unspecified atom stereocenters. The van der Waals surface area contributed by atoms with E-state index < -0.39 is 0 Å². The van der Waals surface area contributed by atoms with E-state index in [1.807, 2.05) is 7.05 Å². The van der Waals surface area contributed by atoms with Gasteiger partial charge >= 0.3 is 0 Å². The summed E-state index contributed by atoms with van der Waals surface area (Å²) < 4.78 is 6.14. The molecule has 4 heteroatoms. The Morgan fingerprint density at radius 2 is 2.05 bits per heavy atom. The number of nitrogens with two attached hydrogens (primary N) is 1. The normalized spacial score (nSPS) is 34.7. The number of hydrogen-bond donors (Lipinski definition) is 3. The van der Waals surface area contributed by atoms with Crippen LogP contribution in [-0.2, 0) is 4.74 Å². The highest BCUT2D eigenvalue weighted by Gasteiger charge is 2.26. The van der Waals surface area contributed by atoms with Gasteiger partial charge in [-0.3, -0.25) is 0 Å². The van der Waals surface area contributed by atoms with E-state index in [9.17, 15) is 0 Å². The molecule has 0 radical (unpaired) electrons. The molecule has 122 valence electrons. The topological polar surface area (TPSA) is 59.3 Å². The minimum absolute atomic E-state index is 0.264. The van der Waals surface area contributed by atoms with Gasteiger partial charge in [0, 0.05) is 19.1 Å². The van der Waals surface area contributed by atoms with Crippen molar-refractivity contribution in [1.82, 2.24) is 10.6 Å². The number of piperidine rings is 1. The first kappa shape index (κ1) is 16.8. The Labute approximate surface area is 129 Å². The van der Waals surface area contributed by atoms with Gasteiger partial charge in [0.15, 0.2) is 0 Å². The van der Waals surface area contributed by atoms with Crippen molar-refractivity contribution in [2.75, 3.05) is 20.2 Å². The van der Waals surface area contributed by atoms with E-state index in [0.717, 1.165) is 31.9 Å². The van der Waals surface area contributed by atoms with Crippen LogP contribution in [0.25, 0.3) is 0 Å². The van der Waals surface area contributed by atoms with Crippen molar-refractivity contribution in [1.29, 1.82) is 0 Å². The molecule has 1 aliphatic carbocycles. The maximum Gasteiger partial charge on any atom is 0.0638 e. The summed E-state index contributed by atoms with van der Waals surface area (Å²) in [5.74, 6) is 0.748. The van der Waals surface area contributed by atoms with E-state index >= 15 is 0 Å². The predicted molar refractivity (Wildman–Crippen MR) is 88.1 cm³/mol. The maximum atomic E-state index is 6.15. The minimum atomic E-state index is 0.264. The summed E-state index contributed by atoms with van der Waals surface area (Å²) in [4.78, 5) is 0. The molecule has 0 amide bonds.